The number of nitrogens with one attached hydrogen (secondary N) is 1. The van der Waals surface area contributed by atoms with Crippen LogP contribution in [-0.2, 0) is 24.8 Å². The highest BCUT2D eigenvalue weighted by Gasteiger charge is 2.12. The Balaban J connectivity index is 2.08. The van der Waals surface area contributed by atoms with Crippen molar-refractivity contribution in [2.24, 2.45) is 7.05 Å². The van der Waals surface area contributed by atoms with Crippen LogP contribution in [0.2, 0.25) is 0 Å². The van der Waals surface area contributed by atoms with Gasteiger partial charge in [-0.15, -0.1) is 0 Å². The molecule has 0 aliphatic carbocycles. The summed E-state index contributed by atoms with van der Waals surface area (Å²) < 4.78 is 1.82. The molecule has 0 radical (unpaired) electrons. The Bertz CT molecular complexity index is 674. The molecule has 0 spiro atoms. The SMILES string of the molecule is Cc1ccc(C(=O)NCc2ccccc2CC(=O)O)n1C. The van der Waals surface area contributed by atoms with Gasteiger partial charge in [0.2, 0.25) is 0 Å². The van der Waals surface area contributed by atoms with Crippen LogP contribution < -0.4 is 5.32 Å². The van der Waals surface area contributed by atoms with E-state index in [0.29, 0.717) is 17.8 Å². The van der Waals surface area contributed by atoms with E-state index >= 15 is 0 Å². The second-order valence-electron chi connectivity index (χ2n) is 4.94. The highest BCUT2D eigenvalue weighted by molar-refractivity contribution is 5.92. The van der Waals surface area contributed by atoms with Gasteiger partial charge in [0, 0.05) is 19.3 Å². The monoisotopic (exact) mass is 286 g/mol. The first-order chi connectivity index (χ1) is 9.99. The van der Waals surface area contributed by atoms with Crippen LogP contribution in [0.5, 0.6) is 0 Å². The Morgan fingerprint density at radius 1 is 1.14 bits per heavy atom. The summed E-state index contributed by atoms with van der Waals surface area (Å²) in [5.41, 5.74) is 3.13. The largest absolute Gasteiger partial charge is 0.481 e. The highest BCUT2D eigenvalue weighted by Crippen LogP contribution is 2.11. The number of benzene rings is 1. The number of hydrogen-bond acceptors (Lipinski definition) is 2. The summed E-state index contributed by atoms with van der Waals surface area (Å²) in [5, 5.41) is 11.7. The van der Waals surface area contributed by atoms with Gasteiger partial charge in [0.05, 0.1) is 6.42 Å². The predicted octanol–water partition coefficient (Wildman–Crippen LogP) is 1.89. The molecule has 2 aromatic rings. The second kappa shape index (κ2) is 6.26. The lowest BCUT2D eigenvalue weighted by Crippen LogP contribution is -2.25. The molecule has 1 heterocycles. The number of aliphatic carboxylic acids is 1. The van der Waals surface area contributed by atoms with Gasteiger partial charge in [-0.1, -0.05) is 24.3 Å². The van der Waals surface area contributed by atoms with Crippen molar-refractivity contribution < 1.29 is 14.7 Å². The van der Waals surface area contributed by atoms with E-state index in [4.69, 9.17) is 5.11 Å². The Morgan fingerprint density at radius 2 is 1.81 bits per heavy atom. The molecular weight excluding hydrogens is 268 g/mol. The average Bonchev–Trinajstić information content (AvgIpc) is 2.77. The van der Waals surface area contributed by atoms with Gasteiger partial charge in [0.15, 0.2) is 0 Å². The van der Waals surface area contributed by atoms with Crippen molar-refractivity contribution in [1.29, 1.82) is 0 Å². The molecule has 0 aliphatic heterocycles. The zero-order valence-electron chi connectivity index (χ0n) is 12.1. The minimum Gasteiger partial charge on any atom is -0.481 e. The lowest BCUT2D eigenvalue weighted by atomic mass is 10.0. The van der Waals surface area contributed by atoms with E-state index in [0.717, 1.165) is 11.3 Å². The van der Waals surface area contributed by atoms with Crippen LogP contribution in [-0.4, -0.2) is 21.6 Å². The van der Waals surface area contributed by atoms with Gasteiger partial charge in [-0.2, -0.15) is 0 Å². The third kappa shape index (κ3) is 3.51. The summed E-state index contributed by atoms with van der Waals surface area (Å²) in [7, 11) is 1.84. The second-order valence-corrected chi connectivity index (χ2v) is 4.94. The van der Waals surface area contributed by atoms with Gasteiger partial charge in [0.25, 0.3) is 5.91 Å². The van der Waals surface area contributed by atoms with Gasteiger partial charge in [0.1, 0.15) is 5.69 Å². The molecule has 0 atom stereocenters. The lowest BCUT2D eigenvalue weighted by Gasteiger charge is -2.10. The molecule has 0 fully saturated rings. The molecule has 2 N–H and O–H groups in total. The number of carboxylic acids is 1. The molecule has 1 amide bonds. The first-order valence-corrected chi connectivity index (χ1v) is 6.68. The molecule has 110 valence electrons. The van der Waals surface area contributed by atoms with E-state index in [1.54, 1.807) is 18.2 Å². The zero-order valence-corrected chi connectivity index (χ0v) is 12.1. The van der Waals surface area contributed by atoms with Gasteiger partial charge in [-0.05, 0) is 30.2 Å². The zero-order chi connectivity index (χ0) is 15.4. The van der Waals surface area contributed by atoms with Crippen molar-refractivity contribution in [2.45, 2.75) is 19.9 Å². The first-order valence-electron chi connectivity index (χ1n) is 6.68. The molecule has 0 bridgehead atoms. The van der Waals surface area contributed by atoms with E-state index in [-0.39, 0.29) is 12.3 Å². The molecule has 21 heavy (non-hydrogen) atoms. The first kappa shape index (κ1) is 14.8. The molecule has 5 heteroatoms. The number of nitrogens with zero attached hydrogens (tertiary/aromatic N) is 1. The van der Waals surface area contributed by atoms with Crippen molar-refractivity contribution >= 4 is 11.9 Å². The maximum atomic E-state index is 12.1. The van der Waals surface area contributed by atoms with Crippen molar-refractivity contribution in [2.75, 3.05) is 0 Å². The van der Waals surface area contributed by atoms with E-state index in [1.807, 2.05) is 36.7 Å². The summed E-state index contributed by atoms with van der Waals surface area (Å²) >= 11 is 0. The van der Waals surface area contributed by atoms with Crippen LogP contribution in [0.4, 0.5) is 0 Å². The third-order valence-corrected chi connectivity index (χ3v) is 3.50. The van der Waals surface area contributed by atoms with E-state index < -0.39 is 5.97 Å². The number of aromatic nitrogens is 1. The minimum absolute atomic E-state index is 0.0463. The molecule has 5 nitrogen and oxygen atoms in total. The van der Waals surface area contributed by atoms with Gasteiger partial charge >= 0.3 is 5.97 Å². The number of carbonyl (C=O) groups is 2. The standard InChI is InChI=1S/C16H18N2O3/c1-11-7-8-14(18(11)2)16(21)17-10-13-6-4-3-5-12(13)9-15(19)20/h3-8H,9-10H2,1-2H3,(H,17,21)(H,19,20). The number of hydrogen-bond donors (Lipinski definition) is 2. The number of aryl methyl sites for hydroxylation is 1. The molecule has 0 saturated carbocycles. The predicted molar refractivity (Wildman–Crippen MR) is 79.1 cm³/mol. The fourth-order valence-corrected chi connectivity index (χ4v) is 2.17. The van der Waals surface area contributed by atoms with Gasteiger partial charge < -0.3 is 15.0 Å². The van der Waals surface area contributed by atoms with Crippen molar-refractivity contribution in [3.05, 3.63) is 58.9 Å². The smallest absolute Gasteiger partial charge is 0.307 e. The fraction of sp³-hybridized carbons (Fsp3) is 0.250. The Morgan fingerprint density at radius 3 is 2.38 bits per heavy atom. The average molecular weight is 286 g/mol. The van der Waals surface area contributed by atoms with Gasteiger partial charge in [-0.3, -0.25) is 9.59 Å². The van der Waals surface area contributed by atoms with Crippen molar-refractivity contribution in [3.8, 4) is 0 Å². The van der Waals surface area contributed by atoms with Crippen molar-refractivity contribution in [3.63, 3.8) is 0 Å². The lowest BCUT2D eigenvalue weighted by molar-refractivity contribution is -0.136. The number of rotatable bonds is 5. The normalized spacial score (nSPS) is 10.4. The molecule has 1 aromatic carbocycles. The van der Waals surface area contributed by atoms with Crippen LogP contribution in [0.15, 0.2) is 36.4 Å². The van der Waals surface area contributed by atoms with Crippen LogP contribution in [0.1, 0.15) is 27.3 Å². The maximum Gasteiger partial charge on any atom is 0.307 e. The Hall–Kier alpha value is -2.56. The Kier molecular flexibility index (Phi) is 4.42. The maximum absolute atomic E-state index is 12.1. The third-order valence-electron chi connectivity index (χ3n) is 3.50. The number of carbonyl (C=O) groups excluding carboxylic acids is 1. The summed E-state index contributed by atoms with van der Waals surface area (Å²) in [5.74, 6) is -1.05. The Labute approximate surface area is 123 Å². The van der Waals surface area contributed by atoms with Gasteiger partial charge in [-0.25, -0.2) is 0 Å². The van der Waals surface area contributed by atoms with E-state index in [2.05, 4.69) is 5.32 Å². The molecule has 1 aromatic heterocycles. The van der Waals surface area contributed by atoms with Crippen LogP contribution >= 0.6 is 0 Å². The minimum atomic E-state index is -0.883. The van der Waals surface area contributed by atoms with Crippen molar-refractivity contribution in [1.82, 2.24) is 9.88 Å². The summed E-state index contributed by atoms with van der Waals surface area (Å²) in [6.45, 7) is 2.24. The van der Waals surface area contributed by atoms with Crippen LogP contribution in [0, 0.1) is 6.92 Å². The van der Waals surface area contributed by atoms with E-state index in [9.17, 15) is 9.59 Å². The summed E-state index contributed by atoms with van der Waals surface area (Å²) in [6, 6.07) is 10.9. The molecular formula is C16H18N2O3. The summed E-state index contributed by atoms with van der Waals surface area (Å²) in [6.07, 6.45) is -0.0463. The molecule has 0 aliphatic rings. The fourth-order valence-electron chi connectivity index (χ4n) is 2.17. The molecule has 2 rings (SSSR count). The van der Waals surface area contributed by atoms with E-state index in [1.165, 1.54) is 0 Å². The molecule has 0 unspecified atom stereocenters. The molecule has 0 saturated heterocycles. The quantitative estimate of drug-likeness (QED) is 0.881. The van der Waals surface area contributed by atoms with Crippen LogP contribution in [0.3, 0.4) is 0 Å². The summed E-state index contributed by atoms with van der Waals surface area (Å²) in [4.78, 5) is 23.0. The highest BCUT2D eigenvalue weighted by atomic mass is 16.4. The number of carboxylic acid groups (broad SMARTS) is 1. The number of amides is 1. The van der Waals surface area contributed by atoms with Crippen LogP contribution in [0.25, 0.3) is 0 Å². The topological polar surface area (TPSA) is 71.3 Å².